The van der Waals surface area contributed by atoms with E-state index in [2.05, 4.69) is 25.3 Å². The van der Waals surface area contributed by atoms with Crippen LogP contribution >= 0.6 is 0 Å². The molecule has 0 aliphatic carbocycles. The van der Waals surface area contributed by atoms with Gasteiger partial charge in [-0.25, -0.2) is 4.79 Å². The summed E-state index contributed by atoms with van der Waals surface area (Å²) >= 11 is 0. The first-order chi connectivity index (χ1) is 11.8. The van der Waals surface area contributed by atoms with Crippen LogP contribution in [0.5, 0.6) is 0 Å². The third kappa shape index (κ3) is 3.45. The van der Waals surface area contributed by atoms with Crippen LogP contribution in [0.15, 0.2) is 24.3 Å². The van der Waals surface area contributed by atoms with Crippen LogP contribution in [-0.2, 0) is 11.2 Å². The molecule has 134 valence electrons. The Morgan fingerprint density at radius 1 is 1.20 bits per heavy atom. The molecule has 0 fully saturated rings. The summed E-state index contributed by atoms with van der Waals surface area (Å²) in [5.41, 5.74) is 10.5. The van der Waals surface area contributed by atoms with Crippen LogP contribution in [0, 0.1) is 6.92 Å². The van der Waals surface area contributed by atoms with Crippen molar-refractivity contribution in [2.75, 3.05) is 7.11 Å². The first kappa shape index (κ1) is 18.8. The van der Waals surface area contributed by atoms with E-state index in [0.29, 0.717) is 11.1 Å². The third-order valence-corrected chi connectivity index (χ3v) is 4.40. The lowest BCUT2D eigenvalue weighted by atomic mass is 9.97. The minimum atomic E-state index is -0.429. The quantitative estimate of drug-likeness (QED) is 0.810. The summed E-state index contributed by atoms with van der Waals surface area (Å²) in [6.07, 6.45) is 1.81. The van der Waals surface area contributed by atoms with Gasteiger partial charge in [0.25, 0.3) is 5.91 Å². The molecule has 5 nitrogen and oxygen atoms in total. The highest BCUT2D eigenvalue weighted by Crippen LogP contribution is 2.35. The predicted octanol–water partition coefficient (Wildman–Crippen LogP) is 3.88. The Hall–Kier alpha value is -2.56. The zero-order valence-corrected chi connectivity index (χ0v) is 15.6. The van der Waals surface area contributed by atoms with E-state index in [1.807, 2.05) is 19.1 Å². The van der Waals surface area contributed by atoms with Gasteiger partial charge in [0.1, 0.15) is 0 Å². The van der Waals surface area contributed by atoms with Gasteiger partial charge in [-0.3, -0.25) is 4.79 Å². The molecule has 5 heteroatoms. The number of benzene rings is 1. The molecule has 1 amide bonds. The molecule has 2 N–H and O–H groups in total. The fraction of sp³-hybridized carbons (Fsp3) is 0.400. The molecule has 25 heavy (non-hydrogen) atoms. The molecule has 0 spiro atoms. The van der Waals surface area contributed by atoms with Crippen molar-refractivity contribution in [1.29, 1.82) is 0 Å². The molecule has 1 aromatic carbocycles. The average molecular weight is 342 g/mol. The fourth-order valence-electron chi connectivity index (χ4n) is 3.45. The second-order valence-corrected chi connectivity index (χ2v) is 6.43. The van der Waals surface area contributed by atoms with Gasteiger partial charge in [-0.05, 0) is 44.9 Å². The summed E-state index contributed by atoms with van der Waals surface area (Å²) in [7, 11) is 1.35. The Bertz CT molecular complexity index is 786. The van der Waals surface area contributed by atoms with Gasteiger partial charge in [0.05, 0.1) is 18.2 Å². The van der Waals surface area contributed by atoms with Gasteiger partial charge in [-0.1, -0.05) is 25.5 Å². The number of rotatable bonds is 6. The van der Waals surface area contributed by atoms with Crippen molar-refractivity contribution in [3.63, 3.8) is 0 Å². The monoisotopic (exact) mass is 342 g/mol. The van der Waals surface area contributed by atoms with E-state index < -0.39 is 5.91 Å². The molecule has 0 saturated carbocycles. The van der Waals surface area contributed by atoms with Crippen molar-refractivity contribution < 1.29 is 14.3 Å². The molecule has 2 aromatic rings. The number of carbonyl (C=O) groups is 2. The molecule has 2 rings (SSSR count). The average Bonchev–Trinajstić information content (AvgIpc) is 2.87. The molecular weight excluding hydrogens is 316 g/mol. The summed E-state index contributed by atoms with van der Waals surface area (Å²) in [4.78, 5) is 23.8. The standard InChI is InChI=1S/C20H26N2O3/c1-6-7-16-18(14-8-10-15(11-9-14)20(24)25-5)17(19(21)23)13(4)22(16)12(2)3/h8-12H,6-7H2,1-5H3,(H2,21,23). The largest absolute Gasteiger partial charge is 0.465 e. The van der Waals surface area contributed by atoms with Crippen LogP contribution in [0.2, 0.25) is 0 Å². The van der Waals surface area contributed by atoms with E-state index >= 15 is 0 Å². The van der Waals surface area contributed by atoms with Crippen LogP contribution in [0.25, 0.3) is 11.1 Å². The predicted molar refractivity (Wildman–Crippen MR) is 98.8 cm³/mol. The number of aromatic nitrogens is 1. The molecule has 0 aliphatic heterocycles. The Morgan fingerprint density at radius 3 is 2.24 bits per heavy atom. The van der Waals surface area contributed by atoms with Crippen molar-refractivity contribution in [2.45, 2.75) is 46.6 Å². The molecule has 1 aromatic heterocycles. The maximum atomic E-state index is 12.2. The van der Waals surface area contributed by atoms with Gasteiger partial charge >= 0.3 is 5.97 Å². The number of carbonyl (C=O) groups excluding carboxylic acids is 2. The second-order valence-electron chi connectivity index (χ2n) is 6.43. The number of hydrogen-bond donors (Lipinski definition) is 1. The van der Waals surface area contributed by atoms with Gasteiger partial charge in [0.2, 0.25) is 0 Å². The lowest BCUT2D eigenvalue weighted by Gasteiger charge is -2.16. The molecule has 0 unspecified atom stereocenters. The number of primary amides is 1. The van der Waals surface area contributed by atoms with Crippen molar-refractivity contribution in [3.05, 3.63) is 46.8 Å². The van der Waals surface area contributed by atoms with E-state index in [0.717, 1.165) is 35.4 Å². The zero-order valence-electron chi connectivity index (χ0n) is 15.6. The maximum Gasteiger partial charge on any atom is 0.337 e. The smallest absolute Gasteiger partial charge is 0.337 e. The Morgan fingerprint density at radius 2 is 1.80 bits per heavy atom. The number of nitrogens with zero attached hydrogens (tertiary/aromatic N) is 1. The fourth-order valence-corrected chi connectivity index (χ4v) is 3.45. The lowest BCUT2D eigenvalue weighted by Crippen LogP contribution is -2.14. The molecular formula is C20H26N2O3. The molecule has 1 heterocycles. The molecule has 0 radical (unpaired) electrons. The van der Waals surface area contributed by atoms with Crippen LogP contribution in [-0.4, -0.2) is 23.6 Å². The van der Waals surface area contributed by atoms with Gasteiger partial charge < -0.3 is 15.0 Å². The highest BCUT2D eigenvalue weighted by Gasteiger charge is 2.25. The minimum absolute atomic E-state index is 0.225. The summed E-state index contributed by atoms with van der Waals surface area (Å²) in [6, 6.07) is 7.34. The number of esters is 1. The van der Waals surface area contributed by atoms with E-state index in [4.69, 9.17) is 10.5 Å². The topological polar surface area (TPSA) is 74.3 Å². The van der Waals surface area contributed by atoms with Gasteiger partial charge in [-0.2, -0.15) is 0 Å². The number of methoxy groups -OCH3 is 1. The molecule has 0 saturated heterocycles. The highest BCUT2D eigenvalue weighted by molar-refractivity contribution is 6.02. The molecule has 0 atom stereocenters. The normalized spacial score (nSPS) is 11.0. The van der Waals surface area contributed by atoms with Crippen LogP contribution in [0.4, 0.5) is 0 Å². The molecule has 0 bridgehead atoms. The van der Waals surface area contributed by atoms with E-state index in [9.17, 15) is 9.59 Å². The van der Waals surface area contributed by atoms with Crippen molar-refractivity contribution >= 4 is 11.9 Å². The van der Waals surface area contributed by atoms with Gasteiger partial charge in [-0.15, -0.1) is 0 Å². The van der Waals surface area contributed by atoms with Crippen molar-refractivity contribution in [1.82, 2.24) is 4.57 Å². The lowest BCUT2D eigenvalue weighted by molar-refractivity contribution is 0.0600. The van der Waals surface area contributed by atoms with Crippen LogP contribution in [0.3, 0.4) is 0 Å². The zero-order chi connectivity index (χ0) is 18.7. The summed E-state index contributed by atoms with van der Waals surface area (Å²) < 4.78 is 6.93. The van der Waals surface area contributed by atoms with E-state index in [1.165, 1.54) is 7.11 Å². The van der Waals surface area contributed by atoms with Crippen LogP contribution < -0.4 is 5.73 Å². The Balaban J connectivity index is 2.72. The van der Waals surface area contributed by atoms with Gasteiger partial charge in [0.15, 0.2) is 0 Å². The number of ether oxygens (including phenoxy) is 1. The number of amides is 1. The minimum Gasteiger partial charge on any atom is -0.465 e. The Labute approximate surface area is 148 Å². The number of hydrogen-bond acceptors (Lipinski definition) is 3. The van der Waals surface area contributed by atoms with E-state index in [1.54, 1.807) is 12.1 Å². The maximum absolute atomic E-state index is 12.2. The first-order valence-electron chi connectivity index (χ1n) is 8.55. The highest BCUT2D eigenvalue weighted by atomic mass is 16.5. The Kier molecular flexibility index (Phi) is 5.67. The second kappa shape index (κ2) is 7.55. The summed E-state index contributed by atoms with van der Waals surface area (Å²) in [5, 5.41) is 0. The number of nitrogens with two attached hydrogens (primary N) is 1. The first-order valence-corrected chi connectivity index (χ1v) is 8.55. The third-order valence-electron chi connectivity index (χ3n) is 4.40. The SMILES string of the molecule is CCCc1c(-c2ccc(C(=O)OC)cc2)c(C(N)=O)c(C)n1C(C)C. The summed E-state index contributed by atoms with van der Waals surface area (Å²) in [6.45, 7) is 8.24. The summed E-state index contributed by atoms with van der Waals surface area (Å²) in [5.74, 6) is -0.812. The van der Waals surface area contributed by atoms with Crippen molar-refractivity contribution in [3.8, 4) is 11.1 Å². The van der Waals surface area contributed by atoms with Gasteiger partial charge in [0, 0.05) is 23.0 Å². The van der Waals surface area contributed by atoms with Crippen molar-refractivity contribution in [2.24, 2.45) is 5.73 Å². The molecule has 0 aliphatic rings. The van der Waals surface area contributed by atoms with E-state index in [-0.39, 0.29) is 12.0 Å². The van der Waals surface area contributed by atoms with Crippen LogP contribution in [0.1, 0.15) is 65.3 Å².